The number of nitrogens with one attached hydrogen (secondary N) is 1. The van der Waals surface area contributed by atoms with Gasteiger partial charge in [0.25, 0.3) is 5.91 Å². The number of nitrogens with two attached hydrogens (primary N) is 1. The number of carbonyl (C=O) groups is 1. The molecule has 0 aliphatic carbocycles. The predicted molar refractivity (Wildman–Crippen MR) is 96.2 cm³/mol. The quantitative estimate of drug-likeness (QED) is 0.594. The Morgan fingerprint density at radius 2 is 2.19 bits per heavy atom. The summed E-state index contributed by atoms with van der Waals surface area (Å²) in [4.78, 5) is 17.8. The summed E-state index contributed by atoms with van der Waals surface area (Å²) in [6, 6.07) is 8.94. The fraction of sp³-hybridized carbons (Fsp3) is 0. The third kappa shape index (κ3) is 2.83. The number of thiophene rings is 1. The van der Waals surface area contributed by atoms with Gasteiger partial charge in [-0.2, -0.15) is 0 Å². The minimum atomic E-state index is -0.240. The lowest BCUT2D eigenvalue weighted by Gasteiger charge is -2.07. The normalized spacial score (nSPS) is 10.8. The molecule has 2 heterocycles. The second kappa shape index (κ2) is 5.78. The molecule has 1 amide bonds. The van der Waals surface area contributed by atoms with Crippen LogP contribution in [0.3, 0.4) is 0 Å². The lowest BCUT2D eigenvalue weighted by Crippen LogP contribution is -2.12. The van der Waals surface area contributed by atoms with Crippen LogP contribution >= 0.6 is 45.5 Å². The highest BCUT2D eigenvalue weighted by Crippen LogP contribution is 2.33. The van der Waals surface area contributed by atoms with Gasteiger partial charge in [0, 0.05) is 20.2 Å². The largest absolute Gasteiger partial charge is 0.397 e. The van der Waals surface area contributed by atoms with Crippen molar-refractivity contribution in [2.45, 2.75) is 0 Å². The number of fused-ring (bicyclic) bond motifs is 1. The molecule has 7 heteroatoms. The van der Waals surface area contributed by atoms with E-state index in [1.54, 1.807) is 30.5 Å². The van der Waals surface area contributed by atoms with Gasteiger partial charge in [-0.3, -0.25) is 4.79 Å². The lowest BCUT2D eigenvalue weighted by molar-refractivity contribution is 0.103. The van der Waals surface area contributed by atoms with Crippen LogP contribution in [0.2, 0.25) is 5.02 Å². The number of carbonyl (C=O) groups excluding carboxylic acids is 1. The van der Waals surface area contributed by atoms with Gasteiger partial charge >= 0.3 is 0 Å². The van der Waals surface area contributed by atoms with Crippen molar-refractivity contribution in [3.8, 4) is 0 Å². The van der Waals surface area contributed by atoms with Crippen molar-refractivity contribution in [3.63, 3.8) is 0 Å². The van der Waals surface area contributed by atoms with Gasteiger partial charge < -0.3 is 11.1 Å². The van der Waals surface area contributed by atoms with Crippen molar-refractivity contribution in [1.82, 2.24) is 4.98 Å². The van der Waals surface area contributed by atoms with Gasteiger partial charge in [0.15, 0.2) is 0 Å². The smallest absolute Gasteiger partial charge is 0.267 e. The van der Waals surface area contributed by atoms with Crippen molar-refractivity contribution in [2.24, 2.45) is 0 Å². The second-order valence-electron chi connectivity index (χ2n) is 4.28. The molecule has 1 aromatic carbocycles. The van der Waals surface area contributed by atoms with Gasteiger partial charge in [-0.05, 0) is 52.9 Å². The molecule has 0 aliphatic heterocycles. The van der Waals surface area contributed by atoms with Gasteiger partial charge in [-0.1, -0.05) is 11.6 Å². The monoisotopic (exact) mass is 429 g/mol. The molecule has 0 spiro atoms. The van der Waals surface area contributed by atoms with Gasteiger partial charge in [0.1, 0.15) is 9.71 Å². The Morgan fingerprint density at radius 1 is 1.38 bits per heavy atom. The van der Waals surface area contributed by atoms with Gasteiger partial charge in [0.05, 0.1) is 11.4 Å². The molecule has 0 radical (unpaired) electrons. The molecule has 106 valence electrons. The number of aromatic nitrogens is 1. The average Bonchev–Trinajstić information content (AvgIpc) is 2.80. The maximum absolute atomic E-state index is 12.4. The number of hydrogen-bond acceptors (Lipinski definition) is 4. The average molecular weight is 430 g/mol. The summed E-state index contributed by atoms with van der Waals surface area (Å²) < 4.78 is 0.867. The Labute approximate surface area is 143 Å². The number of pyridine rings is 1. The van der Waals surface area contributed by atoms with Crippen LogP contribution < -0.4 is 11.1 Å². The van der Waals surface area contributed by atoms with Crippen molar-refractivity contribution in [3.05, 3.63) is 50.0 Å². The van der Waals surface area contributed by atoms with Crippen LogP contribution in [0.4, 0.5) is 11.4 Å². The van der Waals surface area contributed by atoms with Crippen molar-refractivity contribution in [1.29, 1.82) is 0 Å². The maximum Gasteiger partial charge on any atom is 0.267 e. The molecule has 3 N–H and O–H groups in total. The number of nitrogens with zero attached hydrogens (tertiary/aromatic N) is 1. The van der Waals surface area contributed by atoms with Crippen LogP contribution in [0.1, 0.15) is 9.67 Å². The van der Waals surface area contributed by atoms with E-state index < -0.39 is 0 Å². The molecule has 3 aromatic rings. The number of amides is 1. The number of nitrogen functional groups attached to an aromatic ring is 1. The summed E-state index contributed by atoms with van der Waals surface area (Å²) in [6.45, 7) is 0. The SMILES string of the molecule is Nc1c(C(=O)Nc2ccc(Cl)cc2I)sc2ncccc12. The van der Waals surface area contributed by atoms with Gasteiger partial charge in [0.2, 0.25) is 0 Å². The summed E-state index contributed by atoms with van der Waals surface area (Å²) in [6.07, 6.45) is 1.68. The van der Waals surface area contributed by atoms with Crippen molar-refractivity contribution >= 4 is 73.0 Å². The van der Waals surface area contributed by atoms with Crippen LogP contribution in [-0.4, -0.2) is 10.9 Å². The molecule has 0 bridgehead atoms. The Hall–Kier alpha value is -1.38. The molecule has 0 saturated heterocycles. The highest BCUT2D eigenvalue weighted by Gasteiger charge is 2.17. The van der Waals surface area contributed by atoms with Crippen molar-refractivity contribution in [2.75, 3.05) is 11.1 Å². The van der Waals surface area contributed by atoms with E-state index in [1.807, 2.05) is 6.07 Å². The standard InChI is InChI=1S/C14H9ClIN3OS/c15-7-3-4-10(9(16)6-7)19-13(20)12-11(17)8-2-1-5-18-14(8)21-12/h1-6H,17H2,(H,19,20). The van der Waals surface area contributed by atoms with Gasteiger partial charge in [-0.25, -0.2) is 4.98 Å². The minimum Gasteiger partial charge on any atom is -0.397 e. The predicted octanol–water partition coefficient (Wildman–Crippen LogP) is 4.39. The minimum absolute atomic E-state index is 0.240. The van der Waals surface area contributed by atoms with Crippen LogP contribution in [0.25, 0.3) is 10.2 Å². The molecule has 3 rings (SSSR count). The molecular formula is C14H9ClIN3OS. The number of benzene rings is 1. The zero-order chi connectivity index (χ0) is 15.0. The molecule has 0 unspecified atom stereocenters. The molecule has 0 fully saturated rings. The van der Waals surface area contributed by atoms with E-state index >= 15 is 0 Å². The van der Waals surface area contributed by atoms with Crippen LogP contribution in [0.5, 0.6) is 0 Å². The van der Waals surface area contributed by atoms with Crippen molar-refractivity contribution < 1.29 is 4.79 Å². The fourth-order valence-electron chi connectivity index (χ4n) is 1.89. The molecular weight excluding hydrogens is 421 g/mol. The molecule has 0 aliphatic rings. The number of halogens is 2. The van der Waals surface area contributed by atoms with Crippen LogP contribution in [-0.2, 0) is 0 Å². The van der Waals surface area contributed by atoms with Gasteiger partial charge in [-0.15, -0.1) is 11.3 Å². The third-order valence-electron chi connectivity index (χ3n) is 2.89. The first-order valence-corrected chi connectivity index (χ1v) is 8.23. The summed E-state index contributed by atoms with van der Waals surface area (Å²) >= 11 is 9.31. The van der Waals surface area contributed by atoms with E-state index in [1.165, 1.54) is 11.3 Å². The number of rotatable bonds is 2. The zero-order valence-corrected chi connectivity index (χ0v) is 14.3. The Balaban J connectivity index is 1.95. The van der Waals surface area contributed by atoms with Crippen LogP contribution in [0.15, 0.2) is 36.5 Å². The Morgan fingerprint density at radius 3 is 2.90 bits per heavy atom. The fourth-order valence-corrected chi connectivity index (χ4v) is 3.85. The first kappa shape index (κ1) is 14.6. The first-order chi connectivity index (χ1) is 10.1. The Bertz CT molecular complexity index is 849. The van der Waals surface area contributed by atoms with E-state index in [2.05, 4.69) is 32.9 Å². The molecule has 0 atom stereocenters. The topological polar surface area (TPSA) is 68.0 Å². The number of anilines is 2. The molecule has 2 aromatic heterocycles. The number of hydrogen-bond donors (Lipinski definition) is 2. The second-order valence-corrected chi connectivity index (χ2v) is 6.88. The zero-order valence-electron chi connectivity index (χ0n) is 10.6. The van der Waals surface area contributed by atoms with E-state index in [-0.39, 0.29) is 5.91 Å². The first-order valence-electron chi connectivity index (χ1n) is 5.95. The van der Waals surface area contributed by atoms with E-state index in [4.69, 9.17) is 17.3 Å². The van der Waals surface area contributed by atoms with Crippen LogP contribution in [0, 0.1) is 3.57 Å². The molecule has 0 saturated carbocycles. The third-order valence-corrected chi connectivity index (χ3v) is 5.15. The summed E-state index contributed by atoms with van der Waals surface area (Å²) in [5.74, 6) is -0.240. The van der Waals surface area contributed by atoms with E-state index in [0.29, 0.717) is 21.3 Å². The molecule has 21 heavy (non-hydrogen) atoms. The maximum atomic E-state index is 12.4. The highest BCUT2D eigenvalue weighted by molar-refractivity contribution is 14.1. The summed E-state index contributed by atoms with van der Waals surface area (Å²) in [7, 11) is 0. The van der Waals surface area contributed by atoms with E-state index in [0.717, 1.165) is 13.8 Å². The summed E-state index contributed by atoms with van der Waals surface area (Å²) in [5.41, 5.74) is 7.21. The Kier molecular flexibility index (Phi) is 4.01. The summed E-state index contributed by atoms with van der Waals surface area (Å²) in [5, 5.41) is 4.28. The van der Waals surface area contributed by atoms with E-state index in [9.17, 15) is 4.79 Å². The lowest BCUT2D eigenvalue weighted by atomic mass is 10.2. The highest BCUT2D eigenvalue weighted by atomic mass is 127. The molecule has 4 nitrogen and oxygen atoms in total.